The zero-order valence-electron chi connectivity index (χ0n) is 22.5. The number of hydrogen-bond acceptors (Lipinski definition) is 8. The van der Waals surface area contributed by atoms with Crippen molar-refractivity contribution in [2.24, 2.45) is 0 Å². The lowest BCUT2D eigenvalue weighted by atomic mass is 10.0. The fraction of sp³-hybridized carbons (Fsp3) is 0.385. The van der Waals surface area contributed by atoms with E-state index in [2.05, 4.69) is 25.2 Å². The zero-order chi connectivity index (χ0) is 29.2. The Morgan fingerprint density at radius 2 is 1.87 bits per heavy atom. The van der Waals surface area contributed by atoms with Gasteiger partial charge in [0.2, 0.25) is 11.8 Å². The van der Waals surface area contributed by atoms with Gasteiger partial charge in [0.15, 0.2) is 11.5 Å². The molecule has 1 aromatic carbocycles. The van der Waals surface area contributed by atoms with Crippen molar-refractivity contribution in [2.45, 2.75) is 44.6 Å². The molecule has 0 aliphatic rings. The first kappa shape index (κ1) is 30.1. The smallest absolute Gasteiger partial charge is 0.289 e. The van der Waals surface area contributed by atoms with E-state index in [1.807, 2.05) is 0 Å². The van der Waals surface area contributed by atoms with Crippen LogP contribution in [-0.2, 0) is 15.2 Å². The number of rotatable bonds is 11. The second-order valence-electron chi connectivity index (χ2n) is 9.89. The number of nitrogens with zero attached hydrogens (tertiary/aromatic N) is 3. The summed E-state index contributed by atoms with van der Waals surface area (Å²) < 4.78 is 64.0. The Hall–Kier alpha value is -3.42. The van der Waals surface area contributed by atoms with Crippen LogP contribution in [0.25, 0.3) is 0 Å². The summed E-state index contributed by atoms with van der Waals surface area (Å²) in [6, 6.07) is 8.91. The molecule has 3 N–H and O–H groups in total. The standard InChI is InChI=1S/C26H32F3N5O4S/c1-15(35)13-31-39(5,6,37)19-9-7-8-18(12-19)30-14-20(36)23-16(2)24(26(4,28)29)33-34-25(23)38-21-10-11-22(27)32-17(21)3/h7-12,15,30,35H,13-14H2,1-6H3,(H,31,37)/t15-/m0/s1. The summed E-state index contributed by atoms with van der Waals surface area (Å²) >= 11 is 0. The lowest BCUT2D eigenvalue weighted by molar-refractivity contribution is 0.0109. The molecule has 2 heterocycles. The number of carbonyl (C=O) groups excluding carboxylic acids is 1. The highest BCUT2D eigenvalue weighted by Crippen LogP contribution is 2.34. The Labute approximate surface area is 224 Å². The van der Waals surface area contributed by atoms with Crippen LogP contribution in [0.15, 0.2) is 41.3 Å². The number of aliphatic hydroxyl groups excluding tert-OH is 1. The lowest BCUT2D eigenvalue weighted by Crippen LogP contribution is -2.48. The second kappa shape index (κ2) is 11.0. The van der Waals surface area contributed by atoms with E-state index in [-0.39, 0.29) is 41.5 Å². The SMILES string of the molecule is Cc1nc(F)ccc1Oc1nnc(C(C)(F)F)c(C)c1C(=O)CNc1cccc(S(C)(C)(=O)NC[C@H](C)O)c1. The van der Waals surface area contributed by atoms with Gasteiger partial charge in [-0.3, -0.25) is 13.7 Å². The zero-order valence-corrected chi connectivity index (χ0v) is 23.3. The molecule has 0 spiro atoms. The maximum absolute atomic E-state index is 14.2. The molecule has 3 rings (SSSR count). The predicted octanol–water partition coefficient (Wildman–Crippen LogP) is 4.15. The summed E-state index contributed by atoms with van der Waals surface area (Å²) in [6.45, 7) is 4.78. The number of Topliss-reactive ketones (excluding diaryl/α,β-unsaturated/α-hetero) is 1. The van der Waals surface area contributed by atoms with E-state index in [1.165, 1.54) is 32.4 Å². The minimum Gasteiger partial charge on any atom is -0.435 e. The molecule has 0 unspecified atom stereocenters. The van der Waals surface area contributed by atoms with Crippen molar-refractivity contribution < 1.29 is 32.0 Å². The number of nitrogens with one attached hydrogen (secondary N) is 2. The van der Waals surface area contributed by atoms with Gasteiger partial charge in [-0.25, -0.2) is 4.98 Å². The van der Waals surface area contributed by atoms with Crippen molar-refractivity contribution in [1.82, 2.24) is 19.9 Å². The third-order valence-electron chi connectivity index (χ3n) is 5.86. The number of anilines is 1. The van der Waals surface area contributed by atoms with E-state index in [0.29, 0.717) is 17.5 Å². The molecule has 0 bridgehead atoms. The molecule has 0 radical (unpaired) electrons. The van der Waals surface area contributed by atoms with Crippen LogP contribution in [0.4, 0.5) is 18.9 Å². The number of carbonyl (C=O) groups is 1. The number of hydrogen-bond donors (Lipinski definition) is 3. The normalized spacial score (nSPS) is 13.8. The number of aryl methyl sites for hydroxylation is 1. The maximum Gasteiger partial charge on any atom is 0.289 e. The number of alkyl halides is 2. The number of pyridine rings is 1. The molecular formula is C26H32F3N5O4S. The number of ether oxygens (including phenoxy) is 1. The van der Waals surface area contributed by atoms with Gasteiger partial charge in [-0.05, 0) is 65.9 Å². The average Bonchev–Trinajstić information content (AvgIpc) is 2.82. The molecule has 0 fully saturated rings. The summed E-state index contributed by atoms with van der Waals surface area (Å²) in [7, 11) is -3.54. The second-order valence-corrected chi connectivity index (χ2v) is 14.3. The van der Waals surface area contributed by atoms with Gasteiger partial charge >= 0.3 is 0 Å². The largest absolute Gasteiger partial charge is 0.435 e. The van der Waals surface area contributed by atoms with Crippen molar-refractivity contribution in [1.29, 1.82) is 0 Å². The Bertz CT molecular complexity index is 1450. The van der Waals surface area contributed by atoms with Crippen molar-refractivity contribution in [3.05, 3.63) is 64.9 Å². The predicted molar refractivity (Wildman–Crippen MR) is 143 cm³/mol. The Morgan fingerprint density at radius 3 is 2.49 bits per heavy atom. The number of benzene rings is 1. The molecule has 2 aromatic heterocycles. The first-order chi connectivity index (χ1) is 18.0. The molecule has 212 valence electrons. The van der Waals surface area contributed by atoms with Crippen LogP contribution >= 0.6 is 0 Å². The van der Waals surface area contributed by atoms with E-state index in [1.54, 1.807) is 31.2 Å². The highest BCUT2D eigenvalue weighted by molar-refractivity contribution is 8.17. The highest BCUT2D eigenvalue weighted by atomic mass is 32.3. The van der Waals surface area contributed by atoms with Gasteiger partial charge < -0.3 is 15.2 Å². The van der Waals surface area contributed by atoms with E-state index >= 15 is 0 Å². The molecule has 0 saturated carbocycles. The van der Waals surface area contributed by atoms with Crippen LogP contribution in [0, 0.1) is 19.8 Å². The van der Waals surface area contributed by atoms with E-state index in [4.69, 9.17) is 4.74 Å². The summed E-state index contributed by atoms with van der Waals surface area (Å²) in [4.78, 5) is 17.5. The van der Waals surface area contributed by atoms with Crippen molar-refractivity contribution in [2.75, 3.05) is 30.9 Å². The summed E-state index contributed by atoms with van der Waals surface area (Å²) in [6.07, 6.45) is 2.37. The molecule has 13 heteroatoms. The van der Waals surface area contributed by atoms with Crippen molar-refractivity contribution in [3.63, 3.8) is 0 Å². The molecule has 0 saturated heterocycles. The molecule has 1 atom stereocenters. The fourth-order valence-corrected chi connectivity index (χ4v) is 5.57. The van der Waals surface area contributed by atoms with Gasteiger partial charge in [0.05, 0.1) is 23.9 Å². The number of aromatic nitrogens is 3. The lowest BCUT2D eigenvalue weighted by Gasteiger charge is -2.36. The molecule has 0 aliphatic heterocycles. The number of ketones is 1. The third kappa shape index (κ3) is 7.37. The topological polar surface area (TPSA) is 126 Å². The number of halogens is 3. The van der Waals surface area contributed by atoms with Gasteiger partial charge in [0, 0.05) is 36.6 Å². The van der Waals surface area contributed by atoms with Crippen molar-refractivity contribution in [3.8, 4) is 11.6 Å². The van der Waals surface area contributed by atoms with Gasteiger partial charge in [-0.2, -0.15) is 13.2 Å². The minimum atomic E-state index is -3.54. The summed E-state index contributed by atoms with van der Waals surface area (Å²) in [5, 5.41) is 19.9. The maximum atomic E-state index is 14.2. The van der Waals surface area contributed by atoms with Gasteiger partial charge in [0.1, 0.15) is 5.69 Å². The Kier molecular flexibility index (Phi) is 8.49. The van der Waals surface area contributed by atoms with Crippen LogP contribution in [-0.4, -0.2) is 62.0 Å². The van der Waals surface area contributed by atoms with Gasteiger partial charge in [0.25, 0.3) is 5.92 Å². The molecular weight excluding hydrogens is 535 g/mol. The monoisotopic (exact) mass is 567 g/mol. The average molecular weight is 568 g/mol. The van der Waals surface area contributed by atoms with Crippen LogP contribution in [0.5, 0.6) is 11.6 Å². The Morgan fingerprint density at radius 1 is 1.18 bits per heavy atom. The first-order valence-electron chi connectivity index (χ1n) is 12.0. The van der Waals surface area contributed by atoms with Crippen LogP contribution < -0.4 is 14.8 Å². The minimum absolute atomic E-state index is 0.0763. The highest BCUT2D eigenvalue weighted by Gasteiger charge is 2.34. The number of aliphatic hydroxyl groups is 1. The van der Waals surface area contributed by atoms with E-state index in [9.17, 15) is 27.3 Å². The van der Waals surface area contributed by atoms with Crippen molar-refractivity contribution >= 4 is 20.7 Å². The molecule has 3 aromatic rings. The molecule has 39 heavy (non-hydrogen) atoms. The third-order valence-corrected chi connectivity index (χ3v) is 8.49. The summed E-state index contributed by atoms with van der Waals surface area (Å²) in [5.41, 5.74) is -0.412. The Balaban J connectivity index is 1.93. The van der Waals surface area contributed by atoms with Gasteiger partial charge in [-0.15, -0.1) is 10.2 Å². The summed E-state index contributed by atoms with van der Waals surface area (Å²) in [5.74, 6) is -5.00. The van der Waals surface area contributed by atoms with Crippen LogP contribution in [0.1, 0.15) is 41.2 Å². The van der Waals surface area contributed by atoms with E-state index in [0.717, 1.165) is 6.07 Å². The van der Waals surface area contributed by atoms with Crippen LogP contribution in [0.3, 0.4) is 0 Å². The fourth-order valence-electron chi connectivity index (χ4n) is 3.74. The van der Waals surface area contributed by atoms with Crippen LogP contribution in [0.2, 0.25) is 0 Å². The molecule has 0 aliphatic carbocycles. The molecule has 9 nitrogen and oxygen atoms in total. The quantitative estimate of drug-likeness (QED) is 0.233. The van der Waals surface area contributed by atoms with Gasteiger partial charge in [-0.1, -0.05) is 6.07 Å². The first-order valence-corrected chi connectivity index (χ1v) is 14.7. The molecule has 0 amide bonds. The van der Waals surface area contributed by atoms with E-state index < -0.39 is 38.7 Å².